The number of rotatable bonds is 2. The highest BCUT2D eigenvalue weighted by Gasteiger charge is 2.46. The number of hydrogen-bond donors (Lipinski definition) is 1. The van der Waals surface area contributed by atoms with Crippen molar-refractivity contribution >= 4 is 5.97 Å². The summed E-state index contributed by atoms with van der Waals surface area (Å²) in [5.41, 5.74) is 3.28. The molecule has 1 N–H and O–H groups in total. The third-order valence-electron chi connectivity index (χ3n) is 4.93. The van der Waals surface area contributed by atoms with Crippen molar-refractivity contribution in [2.45, 2.75) is 56.8 Å². The van der Waals surface area contributed by atoms with Gasteiger partial charge < -0.3 is 5.11 Å². The van der Waals surface area contributed by atoms with Gasteiger partial charge in [-0.25, -0.2) is 0 Å². The van der Waals surface area contributed by atoms with E-state index >= 15 is 0 Å². The Labute approximate surface area is 108 Å². The maximum Gasteiger partial charge on any atom is 0.314 e. The Kier molecular flexibility index (Phi) is 2.69. The van der Waals surface area contributed by atoms with Gasteiger partial charge in [-0.2, -0.15) is 0 Å². The highest BCUT2D eigenvalue weighted by molar-refractivity contribution is 5.82. The first-order valence-corrected chi connectivity index (χ1v) is 7.00. The Morgan fingerprint density at radius 3 is 2.72 bits per heavy atom. The molecule has 2 nitrogen and oxygen atoms in total. The molecule has 0 radical (unpaired) electrons. The predicted octanol–water partition coefficient (Wildman–Crippen LogP) is 3.63. The maximum absolute atomic E-state index is 11.6. The van der Waals surface area contributed by atoms with Crippen molar-refractivity contribution in [2.24, 2.45) is 0 Å². The summed E-state index contributed by atoms with van der Waals surface area (Å²) in [5, 5.41) is 9.51. The van der Waals surface area contributed by atoms with Gasteiger partial charge in [-0.1, -0.05) is 31.5 Å². The summed E-state index contributed by atoms with van der Waals surface area (Å²) in [6, 6.07) is 6.42. The minimum absolute atomic E-state index is 0.577. The third kappa shape index (κ3) is 1.58. The molecule has 2 aliphatic rings. The van der Waals surface area contributed by atoms with Crippen LogP contribution in [0.2, 0.25) is 0 Å². The van der Waals surface area contributed by atoms with Gasteiger partial charge in [0.15, 0.2) is 0 Å². The Bertz CT molecular complexity index is 486. The van der Waals surface area contributed by atoms with Gasteiger partial charge in [-0.05, 0) is 54.7 Å². The quantitative estimate of drug-likeness (QED) is 0.862. The average molecular weight is 244 g/mol. The van der Waals surface area contributed by atoms with Gasteiger partial charge in [-0.3, -0.25) is 4.79 Å². The van der Waals surface area contributed by atoms with Crippen molar-refractivity contribution in [3.05, 3.63) is 34.9 Å². The van der Waals surface area contributed by atoms with Crippen LogP contribution in [0.15, 0.2) is 18.2 Å². The van der Waals surface area contributed by atoms with Gasteiger partial charge in [0.25, 0.3) is 0 Å². The summed E-state index contributed by atoms with van der Waals surface area (Å²) < 4.78 is 0. The number of carbonyl (C=O) groups is 1. The van der Waals surface area contributed by atoms with Gasteiger partial charge in [0, 0.05) is 0 Å². The average Bonchev–Trinajstić information content (AvgIpc) is 2.28. The van der Waals surface area contributed by atoms with Crippen LogP contribution in [0.5, 0.6) is 0 Å². The minimum atomic E-state index is -0.642. The molecule has 0 heterocycles. The van der Waals surface area contributed by atoms with E-state index < -0.39 is 11.4 Å². The van der Waals surface area contributed by atoms with Gasteiger partial charge in [0.05, 0.1) is 5.41 Å². The van der Waals surface area contributed by atoms with Crippen molar-refractivity contribution in [1.82, 2.24) is 0 Å². The molecule has 0 aromatic heterocycles. The fraction of sp³-hybridized carbons (Fsp3) is 0.562. The van der Waals surface area contributed by atoms with Crippen LogP contribution in [0.25, 0.3) is 0 Å². The molecule has 0 aliphatic heterocycles. The number of fused-ring (bicyclic) bond motifs is 1. The normalized spacial score (nSPS) is 25.1. The number of carboxylic acid groups (broad SMARTS) is 1. The Morgan fingerprint density at radius 2 is 2.11 bits per heavy atom. The highest BCUT2D eigenvalue weighted by Crippen LogP contribution is 2.45. The van der Waals surface area contributed by atoms with Crippen LogP contribution in [0.4, 0.5) is 0 Å². The maximum atomic E-state index is 11.6. The highest BCUT2D eigenvalue weighted by atomic mass is 16.4. The summed E-state index contributed by atoms with van der Waals surface area (Å²) in [7, 11) is 0. The van der Waals surface area contributed by atoms with Crippen molar-refractivity contribution in [3.63, 3.8) is 0 Å². The lowest BCUT2D eigenvalue weighted by Gasteiger charge is -2.39. The summed E-state index contributed by atoms with van der Waals surface area (Å²) in [6.07, 6.45) is 6.29. The van der Waals surface area contributed by atoms with Gasteiger partial charge in [-0.15, -0.1) is 0 Å². The van der Waals surface area contributed by atoms with Crippen molar-refractivity contribution in [2.75, 3.05) is 0 Å². The van der Waals surface area contributed by atoms with E-state index in [-0.39, 0.29) is 0 Å². The van der Waals surface area contributed by atoms with Crippen LogP contribution in [-0.4, -0.2) is 11.1 Å². The van der Waals surface area contributed by atoms with Crippen LogP contribution in [0.1, 0.15) is 61.6 Å². The Morgan fingerprint density at radius 1 is 1.33 bits per heavy atom. The van der Waals surface area contributed by atoms with E-state index in [1.807, 2.05) is 0 Å². The molecule has 2 aliphatic carbocycles. The number of aryl methyl sites for hydroxylation is 1. The van der Waals surface area contributed by atoms with E-state index in [0.717, 1.165) is 31.2 Å². The molecule has 0 bridgehead atoms. The lowest BCUT2D eigenvalue weighted by atomic mass is 9.63. The molecule has 1 atom stereocenters. The molecule has 1 aromatic rings. The topological polar surface area (TPSA) is 37.3 Å². The molecule has 18 heavy (non-hydrogen) atoms. The monoisotopic (exact) mass is 244 g/mol. The first kappa shape index (κ1) is 11.8. The molecule has 2 heteroatoms. The molecule has 0 amide bonds. The largest absolute Gasteiger partial charge is 0.481 e. The molecular formula is C16H20O2. The zero-order valence-electron chi connectivity index (χ0n) is 10.9. The summed E-state index contributed by atoms with van der Waals surface area (Å²) in [6.45, 7) is 2.26. The second-order valence-electron chi connectivity index (χ2n) is 5.95. The molecule has 1 saturated carbocycles. The summed E-state index contributed by atoms with van der Waals surface area (Å²) in [5.74, 6) is -0.0585. The lowest BCUT2D eigenvalue weighted by molar-refractivity contribution is -0.147. The second kappa shape index (κ2) is 4.11. The van der Waals surface area contributed by atoms with Crippen LogP contribution >= 0.6 is 0 Å². The predicted molar refractivity (Wildman–Crippen MR) is 71.0 cm³/mol. The van der Waals surface area contributed by atoms with E-state index in [2.05, 4.69) is 25.1 Å². The molecule has 96 valence electrons. The number of aliphatic carboxylic acids is 1. The van der Waals surface area contributed by atoms with Gasteiger partial charge in [0.2, 0.25) is 0 Å². The Balaban J connectivity index is 2.04. The summed E-state index contributed by atoms with van der Waals surface area (Å²) >= 11 is 0. The fourth-order valence-electron chi connectivity index (χ4n) is 3.49. The number of hydrogen-bond acceptors (Lipinski definition) is 1. The van der Waals surface area contributed by atoms with Crippen LogP contribution < -0.4 is 0 Å². The first-order valence-electron chi connectivity index (χ1n) is 7.00. The first-order chi connectivity index (χ1) is 8.63. The van der Waals surface area contributed by atoms with E-state index in [4.69, 9.17) is 0 Å². The third-order valence-corrected chi connectivity index (χ3v) is 4.93. The molecule has 0 saturated heterocycles. The van der Waals surface area contributed by atoms with Crippen molar-refractivity contribution < 1.29 is 9.90 Å². The summed E-state index contributed by atoms with van der Waals surface area (Å²) in [4.78, 5) is 11.6. The Hall–Kier alpha value is -1.31. The van der Waals surface area contributed by atoms with Crippen molar-refractivity contribution in [1.29, 1.82) is 0 Å². The smallest absolute Gasteiger partial charge is 0.314 e. The van der Waals surface area contributed by atoms with E-state index in [1.54, 1.807) is 0 Å². The van der Waals surface area contributed by atoms with Crippen LogP contribution in [0, 0.1) is 0 Å². The standard InChI is InChI=1S/C16H20O2/c1-11-4-2-5-12-6-7-13(10-14(11)12)16(15(17)18)8-3-9-16/h6-7,10-11H,2-5,8-9H2,1H3,(H,17,18). The second-order valence-corrected chi connectivity index (χ2v) is 5.95. The van der Waals surface area contributed by atoms with Crippen molar-refractivity contribution in [3.8, 4) is 0 Å². The number of benzene rings is 1. The van der Waals surface area contributed by atoms with Gasteiger partial charge >= 0.3 is 5.97 Å². The van der Waals surface area contributed by atoms with E-state index in [1.165, 1.54) is 24.0 Å². The van der Waals surface area contributed by atoms with Crippen LogP contribution in [-0.2, 0) is 16.6 Å². The molecular weight excluding hydrogens is 224 g/mol. The molecule has 1 aromatic carbocycles. The minimum Gasteiger partial charge on any atom is -0.481 e. The number of carboxylic acids is 1. The SMILES string of the molecule is CC1CCCc2ccc(C3(C(=O)O)CCC3)cc21. The van der Waals surface area contributed by atoms with Gasteiger partial charge in [0.1, 0.15) is 0 Å². The zero-order valence-corrected chi connectivity index (χ0v) is 10.9. The molecule has 0 spiro atoms. The van der Waals surface area contributed by atoms with Crippen LogP contribution in [0.3, 0.4) is 0 Å². The fourth-order valence-corrected chi connectivity index (χ4v) is 3.49. The molecule has 1 unspecified atom stereocenters. The lowest BCUT2D eigenvalue weighted by Crippen LogP contribution is -2.42. The zero-order chi connectivity index (χ0) is 12.8. The van der Waals surface area contributed by atoms with E-state index in [9.17, 15) is 9.90 Å². The molecule has 3 rings (SSSR count). The van der Waals surface area contributed by atoms with E-state index in [0.29, 0.717) is 5.92 Å². The molecule has 1 fully saturated rings.